The summed E-state index contributed by atoms with van der Waals surface area (Å²) in [6.45, 7) is 11.5. The topological polar surface area (TPSA) is 107 Å². The van der Waals surface area contributed by atoms with Crippen LogP contribution in [0, 0.1) is 0 Å². The van der Waals surface area contributed by atoms with E-state index < -0.39 is 11.3 Å². The van der Waals surface area contributed by atoms with Gasteiger partial charge in [0.15, 0.2) is 0 Å². The van der Waals surface area contributed by atoms with Crippen LogP contribution in [0.4, 0.5) is 5.69 Å². The summed E-state index contributed by atoms with van der Waals surface area (Å²) in [4.78, 5) is 38.8. The number of aromatic amines is 2. The molecule has 9 heteroatoms. The smallest absolute Gasteiger partial charge is 0.419 e. The molecule has 2 aromatic heterocycles. The molecule has 5 aromatic rings. The monoisotopic (exact) mass is 539 g/mol. The summed E-state index contributed by atoms with van der Waals surface area (Å²) in [5.41, 5.74) is 5.45. The van der Waals surface area contributed by atoms with Crippen LogP contribution in [0.5, 0.6) is 5.75 Å². The van der Waals surface area contributed by atoms with Gasteiger partial charge in [-0.05, 0) is 41.3 Å². The quantitative estimate of drug-likeness (QED) is 0.327. The van der Waals surface area contributed by atoms with Gasteiger partial charge in [0, 0.05) is 38.3 Å². The van der Waals surface area contributed by atoms with Crippen LogP contribution >= 0.6 is 0 Å². The standard InChI is InChI=1S/C31H33N5O4/c1-31(2,3)21-9-7-20(8-10-21)28-32-24-5-4-6-25(27(24)33-28)36-15-13-35(14-16-36)17-18-39-22-11-12-26-23(19-22)29(37)34-30(38)40-26/h4-12,19H,13-18H2,1-3H3,(H,32,33)(H,34,37,38). The molecule has 2 N–H and O–H groups in total. The van der Waals surface area contributed by atoms with Crippen molar-refractivity contribution >= 4 is 27.7 Å². The van der Waals surface area contributed by atoms with E-state index in [2.05, 4.69) is 83.0 Å². The maximum Gasteiger partial charge on any atom is 0.419 e. The normalized spacial score (nSPS) is 14.7. The lowest BCUT2D eigenvalue weighted by Gasteiger charge is -2.36. The number of benzene rings is 3. The first kappa shape index (κ1) is 25.9. The molecule has 0 aliphatic carbocycles. The van der Waals surface area contributed by atoms with E-state index in [-0.39, 0.29) is 11.0 Å². The van der Waals surface area contributed by atoms with Crippen molar-refractivity contribution in [1.29, 1.82) is 0 Å². The fourth-order valence-electron chi connectivity index (χ4n) is 5.19. The molecule has 0 saturated carbocycles. The Morgan fingerprint density at radius 2 is 1.73 bits per heavy atom. The summed E-state index contributed by atoms with van der Waals surface area (Å²) in [6, 6.07) is 19.9. The van der Waals surface area contributed by atoms with Crippen LogP contribution in [0.2, 0.25) is 0 Å². The van der Waals surface area contributed by atoms with Crippen molar-refractivity contribution in [3.8, 4) is 17.1 Å². The van der Waals surface area contributed by atoms with E-state index in [4.69, 9.17) is 14.1 Å². The molecule has 0 spiro atoms. The van der Waals surface area contributed by atoms with Gasteiger partial charge in [-0.2, -0.15) is 0 Å². The molecule has 0 atom stereocenters. The van der Waals surface area contributed by atoms with Gasteiger partial charge in [-0.3, -0.25) is 14.7 Å². The highest BCUT2D eigenvalue weighted by Crippen LogP contribution is 2.30. The molecule has 1 fully saturated rings. The summed E-state index contributed by atoms with van der Waals surface area (Å²) < 4.78 is 10.9. The summed E-state index contributed by atoms with van der Waals surface area (Å²) in [5.74, 6) is 0.691. The van der Waals surface area contributed by atoms with E-state index in [0.29, 0.717) is 17.7 Å². The van der Waals surface area contributed by atoms with Gasteiger partial charge in [0.1, 0.15) is 29.3 Å². The predicted octanol–water partition coefficient (Wildman–Crippen LogP) is 4.52. The Morgan fingerprint density at radius 3 is 2.48 bits per heavy atom. The van der Waals surface area contributed by atoms with Crippen LogP contribution in [-0.4, -0.2) is 59.2 Å². The summed E-state index contributed by atoms with van der Waals surface area (Å²) >= 11 is 0. The number of H-pyrrole nitrogens is 2. The molecule has 0 unspecified atom stereocenters. The molecule has 9 nitrogen and oxygen atoms in total. The molecule has 206 valence electrons. The maximum atomic E-state index is 12.0. The van der Waals surface area contributed by atoms with Gasteiger partial charge in [0.05, 0.1) is 16.6 Å². The predicted molar refractivity (Wildman–Crippen MR) is 157 cm³/mol. The highest BCUT2D eigenvalue weighted by Gasteiger charge is 2.21. The molecule has 3 aromatic carbocycles. The number of fused-ring (bicyclic) bond motifs is 2. The fraction of sp³-hybridized carbons (Fsp3) is 0.323. The molecule has 1 aliphatic heterocycles. The second-order valence-electron chi connectivity index (χ2n) is 11.3. The molecule has 1 saturated heterocycles. The van der Waals surface area contributed by atoms with E-state index in [9.17, 15) is 9.59 Å². The van der Waals surface area contributed by atoms with E-state index in [1.54, 1.807) is 18.2 Å². The molecule has 3 heterocycles. The Kier molecular flexibility index (Phi) is 6.67. The Bertz CT molecular complexity index is 1770. The first-order valence-corrected chi connectivity index (χ1v) is 13.6. The minimum absolute atomic E-state index is 0.116. The zero-order chi connectivity index (χ0) is 27.9. The van der Waals surface area contributed by atoms with Crippen molar-refractivity contribution in [2.24, 2.45) is 0 Å². The molecule has 0 radical (unpaired) electrons. The number of nitrogens with zero attached hydrogens (tertiary/aromatic N) is 3. The van der Waals surface area contributed by atoms with E-state index in [1.807, 2.05) is 0 Å². The molecule has 40 heavy (non-hydrogen) atoms. The molecule has 1 aliphatic rings. The zero-order valence-electron chi connectivity index (χ0n) is 23.0. The van der Waals surface area contributed by atoms with E-state index in [0.717, 1.165) is 60.8 Å². The van der Waals surface area contributed by atoms with Crippen molar-refractivity contribution < 1.29 is 9.15 Å². The lowest BCUT2D eigenvalue weighted by molar-refractivity contribution is 0.201. The number of ether oxygens (including phenoxy) is 1. The van der Waals surface area contributed by atoms with Gasteiger partial charge in [-0.25, -0.2) is 9.78 Å². The van der Waals surface area contributed by atoms with Crippen molar-refractivity contribution in [3.63, 3.8) is 0 Å². The number of hydrogen-bond donors (Lipinski definition) is 2. The van der Waals surface area contributed by atoms with Crippen LogP contribution in [0.3, 0.4) is 0 Å². The van der Waals surface area contributed by atoms with Gasteiger partial charge in [-0.15, -0.1) is 0 Å². The van der Waals surface area contributed by atoms with Gasteiger partial charge in [0.2, 0.25) is 0 Å². The van der Waals surface area contributed by atoms with Gasteiger partial charge >= 0.3 is 5.76 Å². The lowest BCUT2D eigenvalue weighted by atomic mass is 9.87. The average molecular weight is 540 g/mol. The number of rotatable bonds is 6. The Morgan fingerprint density at radius 1 is 0.950 bits per heavy atom. The summed E-state index contributed by atoms with van der Waals surface area (Å²) in [5, 5.41) is 0.295. The number of piperazine rings is 1. The first-order chi connectivity index (χ1) is 19.2. The molecule has 0 amide bonds. The largest absolute Gasteiger partial charge is 0.492 e. The van der Waals surface area contributed by atoms with Gasteiger partial charge in [-0.1, -0.05) is 51.1 Å². The lowest BCUT2D eigenvalue weighted by Crippen LogP contribution is -2.47. The number of para-hydroxylation sites is 1. The van der Waals surface area contributed by atoms with Crippen LogP contribution in [0.15, 0.2) is 74.7 Å². The molecular formula is C31H33N5O4. The molecule has 0 bridgehead atoms. The first-order valence-electron chi connectivity index (χ1n) is 13.6. The minimum Gasteiger partial charge on any atom is -0.492 e. The third-order valence-corrected chi connectivity index (χ3v) is 7.52. The highest BCUT2D eigenvalue weighted by atomic mass is 16.5. The second-order valence-corrected chi connectivity index (χ2v) is 11.3. The SMILES string of the molecule is CC(C)(C)c1ccc(-c2nc3c(N4CCN(CCOc5ccc6oc(=O)[nH]c(=O)c6c5)CC4)cccc3[nH]2)cc1. The summed E-state index contributed by atoms with van der Waals surface area (Å²) in [6.07, 6.45) is 0. The van der Waals surface area contributed by atoms with Crippen molar-refractivity contribution in [1.82, 2.24) is 19.9 Å². The molecular weight excluding hydrogens is 506 g/mol. The Balaban J connectivity index is 1.08. The summed E-state index contributed by atoms with van der Waals surface area (Å²) in [7, 11) is 0. The number of nitrogens with one attached hydrogen (secondary N) is 2. The van der Waals surface area contributed by atoms with E-state index in [1.165, 1.54) is 5.56 Å². The number of imidazole rings is 1. The maximum absolute atomic E-state index is 12.0. The van der Waals surface area contributed by atoms with Crippen molar-refractivity contribution in [2.75, 3.05) is 44.2 Å². The zero-order valence-corrected chi connectivity index (χ0v) is 23.0. The minimum atomic E-state index is -0.764. The average Bonchev–Trinajstić information content (AvgIpc) is 3.38. The number of aromatic nitrogens is 3. The van der Waals surface area contributed by atoms with Gasteiger partial charge < -0.3 is 19.0 Å². The third-order valence-electron chi connectivity index (χ3n) is 7.52. The van der Waals surface area contributed by atoms with E-state index >= 15 is 0 Å². The van der Waals surface area contributed by atoms with Crippen LogP contribution in [-0.2, 0) is 5.41 Å². The third kappa shape index (κ3) is 5.24. The van der Waals surface area contributed by atoms with Crippen LogP contribution in [0.25, 0.3) is 33.4 Å². The van der Waals surface area contributed by atoms with Crippen LogP contribution < -0.4 is 21.0 Å². The van der Waals surface area contributed by atoms with Crippen molar-refractivity contribution in [2.45, 2.75) is 26.2 Å². The highest BCUT2D eigenvalue weighted by molar-refractivity contribution is 5.91. The Hall–Kier alpha value is -4.37. The number of anilines is 1. The Labute approximate surface area is 231 Å². The number of hydrogen-bond acceptors (Lipinski definition) is 7. The second kappa shape index (κ2) is 10.3. The molecule has 6 rings (SSSR count). The van der Waals surface area contributed by atoms with Crippen LogP contribution in [0.1, 0.15) is 26.3 Å². The van der Waals surface area contributed by atoms with Gasteiger partial charge in [0.25, 0.3) is 5.56 Å². The fourth-order valence-corrected chi connectivity index (χ4v) is 5.19. The van der Waals surface area contributed by atoms with Crippen molar-refractivity contribution in [3.05, 3.63) is 87.1 Å².